The number of amides is 2. The van der Waals surface area contributed by atoms with E-state index >= 15 is 0 Å². The molecule has 3 N–H and O–H groups in total. The number of hydrogen-bond acceptors (Lipinski definition) is 2. The summed E-state index contributed by atoms with van der Waals surface area (Å²) < 4.78 is 26.7. The van der Waals surface area contributed by atoms with Crippen molar-refractivity contribution in [3.05, 3.63) is 28.2 Å². The van der Waals surface area contributed by atoms with Gasteiger partial charge in [0.2, 0.25) is 0 Å². The minimum Gasteiger partial charge on any atom is -0.480 e. The maximum atomic E-state index is 13.5. The minimum atomic E-state index is -1.15. The van der Waals surface area contributed by atoms with E-state index in [1.807, 2.05) is 0 Å². The van der Waals surface area contributed by atoms with Crippen LogP contribution in [0, 0.1) is 17.6 Å². The summed E-state index contributed by atoms with van der Waals surface area (Å²) in [5, 5.41) is 13.3. The SMILES string of the molecule is O=C(Nc1cc(F)c(Br)cc1F)NC(C(=O)O)C1CC1. The maximum Gasteiger partial charge on any atom is 0.326 e. The van der Waals surface area contributed by atoms with E-state index in [1.165, 1.54) is 0 Å². The predicted octanol–water partition coefficient (Wildman–Crippen LogP) is 2.71. The average molecular weight is 349 g/mol. The van der Waals surface area contributed by atoms with Gasteiger partial charge < -0.3 is 15.7 Å². The molecule has 0 heterocycles. The maximum absolute atomic E-state index is 13.5. The Labute approximate surface area is 121 Å². The van der Waals surface area contributed by atoms with E-state index < -0.39 is 29.7 Å². The number of carbonyl (C=O) groups excluding carboxylic acids is 1. The molecule has 0 aromatic heterocycles. The number of aliphatic carboxylic acids is 1. The van der Waals surface area contributed by atoms with E-state index in [4.69, 9.17) is 5.11 Å². The second kappa shape index (κ2) is 5.74. The third-order valence-corrected chi connectivity index (χ3v) is 3.51. The molecule has 1 aliphatic rings. The second-order valence-corrected chi connectivity index (χ2v) is 5.35. The molecule has 108 valence electrons. The molecule has 1 aliphatic carbocycles. The van der Waals surface area contributed by atoms with Crippen LogP contribution in [0.4, 0.5) is 19.3 Å². The quantitative estimate of drug-likeness (QED) is 0.732. The summed E-state index contributed by atoms with van der Waals surface area (Å²) in [6.07, 6.45) is 1.44. The van der Waals surface area contributed by atoms with Crippen molar-refractivity contribution in [2.75, 3.05) is 5.32 Å². The van der Waals surface area contributed by atoms with Crippen molar-refractivity contribution in [3.63, 3.8) is 0 Å². The van der Waals surface area contributed by atoms with Crippen LogP contribution in [0.5, 0.6) is 0 Å². The number of benzene rings is 1. The largest absolute Gasteiger partial charge is 0.480 e. The second-order valence-electron chi connectivity index (χ2n) is 4.50. The molecule has 0 spiro atoms. The van der Waals surface area contributed by atoms with Gasteiger partial charge in [-0.3, -0.25) is 0 Å². The van der Waals surface area contributed by atoms with Gasteiger partial charge in [-0.2, -0.15) is 0 Å². The number of urea groups is 1. The summed E-state index contributed by atoms with van der Waals surface area (Å²) in [5.41, 5.74) is -0.358. The first-order chi connectivity index (χ1) is 9.38. The van der Waals surface area contributed by atoms with Gasteiger partial charge in [-0.1, -0.05) is 0 Å². The molecule has 20 heavy (non-hydrogen) atoms. The number of carboxylic acids is 1. The first-order valence-electron chi connectivity index (χ1n) is 5.83. The van der Waals surface area contributed by atoms with E-state index in [1.54, 1.807) is 0 Å². The van der Waals surface area contributed by atoms with Gasteiger partial charge in [0.15, 0.2) is 0 Å². The van der Waals surface area contributed by atoms with Crippen LogP contribution in [-0.2, 0) is 4.79 Å². The molecule has 8 heteroatoms. The first-order valence-corrected chi connectivity index (χ1v) is 6.62. The molecule has 1 atom stereocenters. The van der Waals surface area contributed by atoms with Crippen LogP contribution < -0.4 is 10.6 Å². The lowest BCUT2D eigenvalue weighted by molar-refractivity contribution is -0.139. The molecule has 1 fully saturated rings. The van der Waals surface area contributed by atoms with Crippen LogP contribution in [0.25, 0.3) is 0 Å². The summed E-state index contributed by atoms with van der Waals surface area (Å²) in [6.45, 7) is 0. The van der Waals surface area contributed by atoms with Crippen LogP contribution in [0.3, 0.4) is 0 Å². The van der Waals surface area contributed by atoms with E-state index in [2.05, 4.69) is 26.6 Å². The zero-order valence-electron chi connectivity index (χ0n) is 10.1. The number of nitrogens with one attached hydrogen (secondary N) is 2. The standard InChI is InChI=1S/C12H11BrF2N2O3/c13-6-3-8(15)9(4-7(6)14)16-12(20)17-10(11(18)19)5-1-2-5/h3-5,10H,1-2H2,(H,18,19)(H2,16,17,20). The molecule has 1 aromatic carbocycles. The smallest absolute Gasteiger partial charge is 0.326 e. The molecule has 2 amide bonds. The van der Waals surface area contributed by atoms with Gasteiger partial charge in [0.1, 0.15) is 17.7 Å². The fourth-order valence-electron chi connectivity index (χ4n) is 1.73. The predicted molar refractivity (Wildman–Crippen MR) is 70.4 cm³/mol. The highest BCUT2D eigenvalue weighted by atomic mass is 79.9. The Morgan fingerprint density at radius 1 is 1.30 bits per heavy atom. The Hall–Kier alpha value is -1.70. The van der Waals surface area contributed by atoms with Crippen molar-refractivity contribution >= 4 is 33.6 Å². The van der Waals surface area contributed by atoms with Crippen molar-refractivity contribution < 1.29 is 23.5 Å². The fourth-order valence-corrected chi connectivity index (χ4v) is 2.04. The van der Waals surface area contributed by atoms with Crippen molar-refractivity contribution in [2.45, 2.75) is 18.9 Å². The van der Waals surface area contributed by atoms with E-state index in [-0.39, 0.29) is 16.1 Å². The number of carboxylic acid groups (broad SMARTS) is 1. The van der Waals surface area contributed by atoms with Gasteiger partial charge >= 0.3 is 12.0 Å². The lowest BCUT2D eigenvalue weighted by Gasteiger charge is -2.14. The molecule has 0 radical (unpaired) electrons. The Kier molecular flexibility index (Phi) is 4.22. The summed E-state index contributed by atoms with van der Waals surface area (Å²) >= 11 is 2.81. The minimum absolute atomic E-state index is 0.0673. The van der Waals surface area contributed by atoms with Gasteiger partial charge in [-0.05, 0) is 40.8 Å². The highest BCUT2D eigenvalue weighted by Gasteiger charge is 2.37. The number of carbonyl (C=O) groups is 2. The first kappa shape index (κ1) is 14.7. The third kappa shape index (κ3) is 3.44. The molecule has 1 unspecified atom stereocenters. The lowest BCUT2D eigenvalue weighted by atomic mass is 10.2. The van der Waals surface area contributed by atoms with E-state index in [0.29, 0.717) is 0 Å². The molecule has 1 saturated carbocycles. The number of anilines is 1. The zero-order valence-corrected chi connectivity index (χ0v) is 11.7. The summed E-state index contributed by atoms with van der Waals surface area (Å²) in [7, 11) is 0. The summed E-state index contributed by atoms with van der Waals surface area (Å²) in [5.74, 6) is -2.82. The highest BCUT2D eigenvalue weighted by molar-refractivity contribution is 9.10. The Morgan fingerprint density at radius 2 is 1.95 bits per heavy atom. The fraction of sp³-hybridized carbons (Fsp3) is 0.333. The normalized spacial score (nSPS) is 15.6. The van der Waals surface area contributed by atoms with Crippen LogP contribution in [-0.4, -0.2) is 23.1 Å². The Bertz CT molecular complexity index is 564. The van der Waals surface area contributed by atoms with Gasteiger partial charge in [-0.15, -0.1) is 0 Å². The van der Waals surface area contributed by atoms with Crippen LogP contribution in [0.15, 0.2) is 16.6 Å². The van der Waals surface area contributed by atoms with Gasteiger partial charge in [0.25, 0.3) is 0 Å². The average Bonchev–Trinajstić information content (AvgIpc) is 3.17. The molecular weight excluding hydrogens is 338 g/mol. The summed E-state index contributed by atoms with van der Waals surface area (Å²) in [6, 6.07) is -0.213. The Balaban J connectivity index is 2.04. The van der Waals surface area contributed by atoms with Crippen LogP contribution >= 0.6 is 15.9 Å². The molecule has 2 rings (SSSR count). The Morgan fingerprint density at radius 3 is 2.50 bits per heavy atom. The van der Waals surface area contributed by atoms with Crippen molar-refractivity contribution in [2.24, 2.45) is 5.92 Å². The summed E-state index contributed by atoms with van der Waals surface area (Å²) in [4.78, 5) is 22.6. The molecule has 0 bridgehead atoms. The van der Waals surface area contributed by atoms with Gasteiger partial charge in [0, 0.05) is 6.07 Å². The van der Waals surface area contributed by atoms with Crippen LogP contribution in [0.1, 0.15) is 12.8 Å². The molecule has 0 saturated heterocycles. The molecule has 5 nitrogen and oxygen atoms in total. The van der Waals surface area contributed by atoms with E-state index in [9.17, 15) is 18.4 Å². The zero-order chi connectivity index (χ0) is 14.9. The van der Waals surface area contributed by atoms with Crippen molar-refractivity contribution in [1.82, 2.24) is 5.32 Å². The lowest BCUT2D eigenvalue weighted by Crippen LogP contribution is -2.44. The molecular formula is C12H11BrF2N2O3. The van der Waals surface area contributed by atoms with Gasteiger partial charge in [-0.25, -0.2) is 18.4 Å². The number of hydrogen-bond donors (Lipinski definition) is 3. The molecule has 1 aromatic rings. The molecule has 0 aliphatic heterocycles. The van der Waals surface area contributed by atoms with Crippen molar-refractivity contribution in [3.8, 4) is 0 Å². The van der Waals surface area contributed by atoms with Crippen LogP contribution in [0.2, 0.25) is 0 Å². The highest BCUT2D eigenvalue weighted by Crippen LogP contribution is 2.32. The number of rotatable bonds is 4. The third-order valence-electron chi connectivity index (χ3n) is 2.90. The van der Waals surface area contributed by atoms with E-state index in [0.717, 1.165) is 25.0 Å². The monoisotopic (exact) mass is 348 g/mol. The van der Waals surface area contributed by atoms with Crippen molar-refractivity contribution in [1.29, 1.82) is 0 Å². The van der Waals surface area contributed by atoms with Gasteiger partial charge in [0.05, 0.1) is 10.2 Å². The number of halogens is 3. The topological polar surface area (TPSA) is 78.4 Å².